The van der Waals surface area contributed by atoms with Gasteiger partial charge >= 0.3 is 5.97 Å². The van der Waals surface area contributed by atoms with Gasteiger partial charge in [-0.1, -0.05) is 41.9 Å². The number of esters is 1. The molecule has 1 atom stereocenters. The second kappa shape index (κ2) is 8.67. The van der Waals surface area contributed by atoms with Crippen molar-refractivity contribution in [3.05, 3.63) is 82.6 Å². The normalized spacial score (nSPS) is 16.3. The third-order valence-corrected chi connectivity index (χ3v) is 4.44. The number of rotatable bonds is 5. The van der Waals surface area contributed by atoms with E-state index in [9.17, 15) is 19.2 Å². The molecule has 0 saturated carbocycles. The molecule has 1 aliphatic rings. The number of carbonyl (C=O) groups excluding carboxylic acids is 4. The number of halogens is 1. The van der Waals surface area contributed by atoms with Crippen LogP contribution in [0.2, 0.25) is 5.02 Å². The lowest BCUT2D eigenvalue weighted by Crippen LogP contribution is -2.34. The van der Waals surface area contributed by atoms with Crippen molar-refractivity contribution in [1.29, 1.82) is 0 Å². The maximum absolute atomic E-state index is 12.4. The SMILES string of the molecule is CC1=CC(=O)[C@@H](C(=O)/C=C/c2cccc(NC(=O)c3ccccc3Cl)c2)C(=O)O1. The summed E-state index contributed by atoms with van der Waals surface area (Å²) < 4.78 is 4.85. The van der Waals surface area contributed by atoms with E-state index in [0.29, 0.717) is 21.8 Å². The predicted octanol–water partition coefficient (Wildman–Crippen LogP) is 3.82. The highest BCUT2D eigenvalue weighted by Crippen LogP contribution is 2.19. The number of cyclic esters (lactones) is 1. The van der Waals surface area contributed by atoms with Crippen LogP contribution in [0.4, 0.5) is 5.69 Å². The van der Waals surface area contributed by atoms with Crippen molar-refractivity contribution >= 4 is 46.8 Å². The molecule has 0 aliphatic carbocycles. The van der Waals surface area contributed by atoms with Crippen LogP contribution < -0.4 is 5.32 Å². The summed E-state index contributed by atoms with van der Waals surface area (Å²) in [6.07, 6.45) is 3.73. The Bertz CT molecular complexity index is 1070. The Hall–Kier alpha value is -3.51. The van der Waals surface area contributed by atoms with Gasteiger partial charge in [-0.25, -0.2) is 0 Å². The number of amides is 1. The lowest BCUT2D eigenvalue weighted by Gasteiger charge is -2.15. The molecule has 7 heteroatoms. The number of anilines is 1. The smallest absolute Gasteiger partial charge is 0.329 e. The van der Waals surface area contributed by atoms with Crippen LogP contribution in [0.3, 0.4) is 0 Å². The number of nitrogens with one attached hydrogen (secondary N) is 1. The second-order valence-corrected chi connectivity index (χ2v) is 6.71. The van der Waals surface area contributed by atoms with Gasteiger partial charge in [0.25, 0.3) is 5.91 Å². The number of allylic oxidation sites excluding steroid dienone is 3. The van der Waals surface area contributed by atoms with E-state index in [1.54, 1.807) is 48.5 Å². The fourth-order valence-electron chi connectivity index (χ4n) is 2.74. The van der Waals surface area contributed by atoms with Crippen molar-refractivity contribution < 1.29 is 23.9 Å². The maximum atomic E-state index is 12.4. The minimum Gasteiger partial charge on any atom is -0.430 e. The van der Waals surface area contributed by atoms with Crippen molar-refractivity contribution in [3.63, 3.8) is 0 Å². The van der Waals surface area contributed by atoms with E-state index in [-0.39, 0.29) is 11.7 Å². The average Bonchev–Trinajstić information content (AvgIpc) is 2.66. The highest BCUT2D eigenvalue weighted by Gasteiger charge is 2.36. The summed E-state index contributed by atoms with van der Waals surface area (Å²) in [6.45, 7) is 1.47. The van der Waals surface area contributed by atoms with Gasteiger partial charge in [0.05, 0.1) is 10.6 Å². The quantitative estimate of drug-likeness (QED) is 0.460. The molecule has 0 unspecified atom stereocenters. The summed E-state index contributed by atoms with van der Waals surface area (Å²) in [5.74, 6) is -3.85. The van der Waals surface area contributed by atoms with Crippen LogP contribution in [0.1, 0.15) is 22.8 Å². The fourth-order valence-corrected chi connectivity index (χ4v) is 2.96. The van der Waals surface area contributed by atoms with Crippen LogP contribution in [0.25, 0.3) is 6.08 Å². The molecule has 0 saturated heterocycles. The zero-order valence-corrected chi connectivity index (χ0v) is 16.1. The van der Waals surface area contributed by atoms with Crippen molar-refractivity contribution in [1.82, 2.24) is 0 Å². The summed E-state index contributed by atoms with van der Waals surface area (Å²) in [5.41, 5.74) is 1.43. The lowest BCUT2D eigenvalue weighted by atomic mass is 9.96. The van der Waals surface area contributed by atoms with E-state index in [2.05, 4.69) is 5.32 Å². The molecule has 1 aliphatic heterocycles. The van der Waals surface area contributed by atoms with E-state index in [1.165, 1.54) is 13.0 Å². The highest BCUT2D eigenvalue weighted by atomic mass is 35.5. The average molecular weight is 410 g/mol. The Morgan fingerprint density at radius 1 is 1.10 bits per heavy atom. The third kappa shape index (κ3) is 4.86. The van der Waals surface area contributed by atoms with Crippen molar-refractivity contribution in [2.24, 2.45) is 5.92 Å². The van der Waals surface area contributed by atoms with Gasteiger partial charge in [0, 0.05) is 11.8 Å². The van der Waals surface area contributed by atoms with Gasteiger partial charge in [-0.3, -0.25) is 19.2 Å². The van der Waals surface area contributed by atoms with E-state index < -0.39 is 23.5 Å². The van der Waals surface area contributed by atoms with Crippen LogP contribution in [-0.4, -0.2) is 23.4 Å². The molecule has 146 valence electrons. The molecule has 2 aromatic rings. The summed E-state index contributed by atoms with van der Waals surface area (Å²) in [6, 6.07) is 13.4. The first-order valence-electron chi connectivity index (χ1n) is 8.67. The zero-order valence-electron chi connectivity index (χ0n) is 15.3. The Labute approximate surface area is 171 Å². The van der Waals surface area contributed by atoms with E-state index in [0.717, 1.165) is 12.2 Å². The van der Waals surface area contributed by atoms with Gasteiger partial charge in [0.1, 0.15) is 5.76 Å². The number of benzene rings is 2. The monoisotopic (exact) mass is 409 g/mol. The topological polar surface area (TPSA) is 89.5 Å². The molecule has 0 bridgehead atoms. The first kappa shape index (κ1) is 20.2. The molecular formula is C22H16ClNO5. The summed E-state index contributed by atoms with van der Waals surface area (Å²) >= 11 is 6.03. The van der Waals surface area contributed by atoms with Crippen LogP contribution in [0, 0.1) is 5.92 Å². The predicted molar refractivity (Wildman–Crippen MR) is 108 cm³/mol. The first-order valence-corrected chi connectivity index (χ1v) is 9.04. The van der Waals surface area contributed by atoms with Gasteiger partial charge in [0.15, 0.2) is 17.5 Å². The summed E-state index contributed by atoms with van der Waals surface area (Å²) in [7, 11) is 0. The first-order chi connectivity index (χ1) is 13.8. The molecule has 1 heterocycles. The Morgan fingerprint density at radius 3 is 2.59 bits per heavy atom. The van der Waals surface area contributed by atoms with Gasteiger partial charge in [-0.05, 0) is 42.8 Å². The van der Waals surface area contributed by atoms with Gasteiger partial charge < -0.3 is 10.1 Å². The molecule has 6 nitrogen and oxygen atoms in total. The van der Waals surface area contributed by atoms with Gasteiger partial charge in [-0.2, -0.15) is 0 Å². The maximum Gasteiger partial charge on any atom is 0.329 e. The Balaban J connectivity index is 1.72. The third-order valence-electron chi connectivity index (χ3n) is 4.11. The number of ether oxygens (including phenoxy) is 1. The standard InChI is InChI=1S/C22H16ClNO5/c1-13-11-19(26)20(22(28)29-13)18(25)10-9-14-5-4-6-15(12-14)24-21(27)16-7-2-3-8-17(16)23/h2-12,20H,1H3,(H,24,27)/b10-9+/t20-/m1/s1. The molecule has 0 spiro atoms. The van der Waals surface area contributed by atoms with Crippen LogP contribution >= 0.6 is 11.6 Å². The molecule has 1 N–H and O–H groups in total. The van der Waals surface area contributed by atoms with Crippen LogP contribution in [-0.2, 0) is 19.1 Å². The van der Waals surface area contributed by atoms with Crippen molar-refractivity contribution in [2.75, 3.05) is 5.32 Å². The van der Waals surface area contributed by atoms with Gasteiger partial charge in [-0.15, -0.1) is 0 Å². The lowest BCUT2D eigenvalue weighted by molar-refractivity contribution is -0.151. The number of ketones is 2. The number of hydrogen-bond acceptors (Lipinski definition) is 5. The molecule has 1 amide bonds. The van der Waals surface area contributed by atoms with Crippen molar-refractivity contribution in [3.8, 4) is 0 Å². The summed E-state index contributed by atoms with van der Waals surface area (Å²) in [5, 5.41) is 3.06. The molecule has 0 aromatic heterocycles. The van der Waals surface area contributed by atoms with Crippen LogP contribution in [0.5, 0.6) is 0 Å². The molecule has 29 heavy (non-hydrogen) atoms. The van der Waals surface area contributed by atoms with E-state index in [1.807, 2.05) is 0 Å². The number of carbonyl (C=O) groups is 4. The van der Waals surface area contributed by atoms with E-state index in [4.69, 9.17) is 16.3 Å². The van der Waals surface area contributed by atoms with Crippen LogP contribution in [0.15, 0.2) is 66.4 Å². The Morgan fingerprint density at radius 2 is 1.86 bits per heavy atom. The molecule has 0 fully saturated rings. The number of hydrogen-bond donors (Lipinski definition) is 1. The molecule has 0 radical (unpaired) electrons. The van der Waals surface area contributed by atoms with Gasteiger partial charge in [0.2, 0.25) is 0 Å². The van der Waals surface area contributed by atoms with E-state index >= 15 is 0 Å². The Kier molecular flexibility index (Phi) is 6.04. The second-order valence-electron chi connectivity index (χ2n) is 6.31. The zero-order chi connectivity index (χ0) is 21.0. The largest absolute Gasteiger partial charge is 0.430 e. The highest BCUT2D eigenvalue weighted by molar-refractivity contribution is 6.34. The minimum atomic E-state index is -1.49. The molecule has 3 rings (SSSR count). The summed E-state index contributed by atoms with van der Waals surface area (Å²) in [4.78, 5) is 48.3. The molecule has 2 aromatic carbocycles. The fraction of sp³-hybridized carbons (Fsp3) is 0.0909. The van der Waals surface area contributed by atoms with Crippen molar-refractivity contribution in [2.45, 2.75) is 6.92 Å². The minimum absolute atomic E-state index is 0.162. The molecular weight excluding hydrogens is 394 g/mol.